The van der Waals surface area contributed by atoms with Gasteiger partial charge in [0.1, 0.15) is 12.6 Å². The van der Waals surface area contributed by atoms with Gasteiger partial charge in [-0.05, 0) is 0 Å². The van der Waals surface area contributed by atoms with E-state index in [4.69, 9.17) is 57.2 Å². The highest BCUT2D eigenvalue weighted by Gasteiger charge is 2.24. The molecule has 0 radical (unpaired) electrons. The van der Waals surface area contributed by atoms with Crippen molar-refractivity contribution in [1.82, 2.24) is 47.4 Å². The number of carbonyl (C=O) groups is 11. The second-order valence-corrected chi connectivity index (χ2v) is 15.7. The smallest absolute Gasteiger partial charge is 0.407 e. The number of hydrogen-bond donors (Lipinski definition) is 9. The van der Waals surface area contributed by atoms with Crippen molar-refractivity contribution in [1.29, 1.82) is 0 Å². The summed E-state index contributed by atoms with van der Waals surface area (Å²) in [6.07, 6.45) is 0.688. The third-order valence-electron chi connectivity index (χ3n) is 9.51. The van der Waals surface area contributed by atoms with Crippen LogP contribution in [-0.2, 0) is 100 Å². The number of nitrogens with zero attached hydrogens (tertiary/aromatic N) is 1. The Morgan fingerprint density at radius 1 is 0.436 bits per heavy atom. The molecule has 0 aromatic carbocycles. The molecule has 0 saturated heterocycles. The van der Waals surface area contributed by atoms with Crippen molar-refractivity contribution in [2.45, 2.75) is 25.3 Å². The number of ether oxygens (including phenoxy) is 11. The number of amides is 10. The fourth-order valence-electron chi connectivity index (χ4n) is 5.54. The van der Waals surface area contributed by atoms with E-state index in [1.54, 1.807) is 7.11 Å². The molecule has 1 unspecified atom stereocenters. The summed E-state index contributed by atoms with van der Waals surface area (Å²) in [5, 5.41) is 27.5. The van der Waals surface area contributed by atoms with Gasteiger partial charge in [0.2, 0.25) is 41.4 Å². The number of rotatable bonds is 51. The number of carboxylic acid groups (broad SMARTS) is 1. The van der Waals surface area contributed by atoms with Gasteiger partial charge in [-0.25, -0.2) is 4.79 Å². The molecule has 10 amide bonds. The number of methoxy groups -OCH3 is 1. The molecule has 9 N–H and O–H groups in total. The topological polar surface area (TPSA) is 409 Å². The zero-order chi connectivity index (χ0) is 57.3. The van der Waals surface area contributed by atoms with Crippen LogP contribution in [0.25, 0.3) is 0 Å². The van der Waals surface area contributed by atoms with Crippen molar-refractivity contribution < 1.29 is 110 Å². The van der Waals surface area contributed by atoms with Crippen LogP contribution in [0.15, 0.2) is 12.2 Å². The van der Waals surface area contributed by atoms with Crippen LogP contribution in [0.5, 0.6) is 0 Å². The van der Waals surface area contributed by atoms with Gasteiger partial charge < -0.3 is 99.7 Å². The molecule has 0 aromatic rings. The first-order valence-corrected chi connectivity index (χ1v) is 25.0. The van der Waals surface area contributed by atoms with Gasteiger partial charge in [0.25, 0.3) is 11.8 Å². The summed E-state index contributed by atoms with van der Waals surface area (Å²) >= 11 is 0. The predicted octanol–water partition coefficient (Wildman–Crippen LogP) is -6.13. The van der Waals surface area contributed by atoms with Crippen LogP contribution in [0.4, 0.5) is 4.79 Å². The van der Waals surface area contributed by atoms with Gasteiger partial charge >= 0.3 is 12.1 Å². The van der Waals surface area contributed by atoms with Gasteiger partial charge in [-0.15, -0.1) is 0 Å². The summed E-state index contributed by atoms with van der Waals surface area (Å²) in [5.74, 6) is -6.96. The third-order valence-corrected chi connectivity index (χ3v) is 9.51. The number of imide groups is 1. The summed E-state index contributed by atoms with van der Waals surface area (Å²) in [5.41, 5.74) is 0. The molecule has 0 spiro atoms. The molecule has 78 heavy (non-hydrogen) atoms. The molecular formula is C46H77N9O23. The number of hydrogen-bond acceptors (Lipinski definition) is 22. The van der Waals surface area contributed by atoms with Crippen molar-refractivity contribution >= 4 is 65.2 Å². The highest BCUT2D eigenvalue weighted by molar-refractivity contribution is 6.13. The highest BCUT2D eigenvalue weighted by Crippen LogP contribution is 2.04. The van der Waals surface area contributed by atoms with Gasteiger partial charge in [-0.2, -0.15) is 0 Å². The molecule has 0 aromatic heterocycles. The maximum absolute atomic E-state index is 12.9. The molecule has 32 nitrogen and oxygen atoms in total. The molecule has 0 fully saturated rings. The summed E-state index contributed by atoms with van der Waals surface area (Å²) in [7, 11) is 1.61. The van der Waals surface area contributed by atoms with Crippen LogP contribution < -0.4 is 42.5 Å². The van der Waals surface area contributed by atoms with Crippen LogP contribution in [0.3, 0.4) is 0 Å². The monoisotopic (exact) mass is 1120 g/mol. The summed E-state index contributed by atoms with van der Waals surface area (Å²) in [4.78, 5) is 133. The Hall–Kier alpha value is -6.49. The van der Waals surface area contributed by atoms with Gasteiger partial charge in [0.15, 0.2) is 0 Å². The first kappa shape index (κ1) is 69.5. The van der Waals surface area contributed by atoms with E-state index >= 15 is 0 Å². The van der Waals surface area contributed by atoms with E-state index in [9.17, 15) is 52.7 Å². The Kier molecular flexibility index (Phi) is 42.5. The second-order valence-electron chi connectivity index (χ2n) is 15.7. The van der Waals surface area contributed by atoms with Crippen molar-refractivity contribution in [3.8, 4) is 0 Å². The summed E-state index contributed by atoms with van der Waals surface area (Å²) < 4.78 is 58.4. The van der Waals surface area contributed by atoms with Crippen molar-refractivity contribution in [3.05, 3.63) is 12.2 Å². The Bertz CT molecular complexity index is 1810. The Morgan fingerprint density at radius 2 is 0.821 bits per heavy atom. The molecular weight excluding hydrogens is 1050 g/mol. The Morgan fingerprint density at radius 3 is 1.27 bits per heavy atom. The van der Waals surface area contributed by atoms with Crippen LogP contribution >= 0.6 is 0 Å². The van der Waals surface area contributed by atoms with E-state index in [-0.39, 0.29) is 91.2 Å². The first-order valence-electron chi connectivity index (χ1n) is 25.0. The number of nitrogens with one attached hydrogen (secondary N) is 8. The minimum atomic E-state index is -1.46. The fraction of sp³-hybridized carbons (Fsp3) is 0.717. The van der Waals surface area contributed by atoms with Gasteiger partial charge in [0, 0.05) is 58.3 Å². The predicted molar refractivity (Wildman–Crippen MR) is 266 cm³/mol. The van der Waals surface area contributed by atoms with Gasteiger partial charge in [0.05, 0.1) is 158 Å². The third kappa shape index (κ3) is 41.6. The van der Waals surface area contributed by atoms with Crippen molar-refractivity contribution in [3.63, 3.8) is 0 Å². The summed E-state index contributed by atoms with van der Waals surface area (Å²) in [6, 6.07) is -1.46. The summed E-state index contributed by atoms with van der Waals surface area (Å²) in [6.45, 7) is 3.05. The molecule has 0 bridgehead atoms. The number of aliphatic carboxylic acids is 1. The molecule has 1 atom stereocenters. The lowest BCUT2D eigenvalue weighted by atomic mass is 10.2. The number of carbonyl (C=O) groups excluding carboxylic acids is 10. The van der Waals surface area contributed by atoms with Crippen LogP contribution in [0.1, 0.15) is 19.3 Å². The van der Waals surface area contributed by atoms with Crippen LogP contribution in [0.2, 0.25) is 0 Å². The zero-order valence-electron chi connectivity index (χ0n) is 44.0. The quantitative estimate of drug-likeness (QED) is 0.0202. The molecule has 1 aliphatic heterocycles. The second kappa shape index (κ2) is 47.7. The standard InChI is InChI=1S/C46H77N9O23/c1-68-14-15-72-20-21-74-24-25-76-28-29-77-27-26-75-23-22-73-19-18-71-13-9-48-45(66)35(34-78-46(67)49-7-4-44(64)65)54-41(61)33-53-40(60)32-52-39(59)31-51-38(58)30-50-37(57)6-11-69-16-17-70-12-8-47-36(56)5-10-55-42(62)2-3-43(55)63/h2-3,35H,4-34H2,1H3,(H,47,56)(H,48,66)(H,49,67)(H,50,57)(H,51,58)(H,52,59)(H,53,60)(H,54,61)(H,64,65). The fourth-order valence-corrected chi connectivity index (χ4v) is 5.54. The van der Waals surface area contributed by atoms with Crippen LogP contribution in [-0.4, -0.2) is 273 Å². The van der Waals surface area contributed by atoms with E-state index in [0.717, 1.165) is 17.1 Å². The Balaban J connectivity index is 2.18. The van der Waals surface area contributed by atoms with Gasteiger partial charge in [-0.1, -0.05) is 0 Å². The maximum atomic E-state index is 12.9. The maximum Gasteiger partial charge on any atom is 0.407 e. The van der Waals surface area contributed by atoms with Crippen molar-refractivity contribution in [2.75, 3.05) is 192 Å². The molecule has 32 heteroatoms. The van der Waals surface area contributed by atoms with E-state index in [0.29, 0.717) is 79.3 Å². The average Bonchev–Trinajstić information content (AvgIpc) is 3.74. The normalized spacial score (nSPS) is 12.1. The molecule has 444 valence electrons. The minimum absolute atomic E-state index is 0.0131. The minimum Gasteiger partial charge on any atom is -0.481 e. The highest BCUT2D eigenvalue weighted by atomic mass is 16.6. The van der Waals surface area contributed by atoms with Gasteiger partial charge in [-0.3, -0.25) is 52.8 Å². The molecule has 1 aliphatic rings. The first-order chi connectivity index (χ1) is 37.7. The lowest BCUT2D eigenvalue weighted by Crippen LogP contribution is -2.53. The molecule has 0 aliphatic carbocycles. The van der Waals surface area contributed by atoms with E-state index < -0.39 is 105 Å². The van der Waals surface area contributed by atoms with E-state index in [1.807, 2.05) is 0 Å². The number of carboxylic acids is 1. The average molecular weight is 1120 g/mol. The van der Waals surface area contributed by atoms with Crippen molar-refractivity contribution in [2.24, 2.45) is 0 Å². The lowest BCUT2D eigenvalue weighted by Gasteiger charge is -2.19. The molecule has 1 rings (SSSR count). The van der Waals surface area contributed by atoms with E-state index in [2.05, 4.69) is 42.5 Å². The van der Waals surface area contributed by atoms with Crippen LogP contribution in [0, 0.1) is 0 Å². The molecule has 1 heterocycles. The largest absolute Gasteiger partial charge is 0.481 e. The van der Waals surface area contributed by atoms with E-state index in [1.165, 1.54) is 0 Å². The lowest BCUT2D eigenvalue weighted by molar-refractivity contribution is -0.138. The molecule has 0 saturated carbocycles. The number of alkyl carbamates (subject to hydrolysis) is 1. The SMILES string of the molecule is COCCOCCOCCOCCOCCOCCOCCOCCNC(=O)C(COC(=O)NCCC(=O)O)NC(=O)CNC(=O)CNC(=O)CNC(=O)CNC(=O)CCOCCOCCNC(=O)CCN1C(=O)C=CC1=O. The Labute approximate surface area is 450 Å². The zero-order valence-corrected chi connectivity index (χ0v) is 44.0.